The van der Waals surface area contributed by atoms with E-state index < -0.39 is 21.6 Å². The minimum absolute atomic E-state index is 1.01. The predicted molar refractivity (Wildman–Crippen MR) is 68.4 cm³/mol. The van der Waals surface area contributed by atoms with Crippen LogP contribution in [-0.4, -0.2) is 21.3 Å². The zero-order valence-electron chi connectivity index (χ0n) is 12.1. The third-order valence-corrected chi connectivity index (χ3v) is 10.2. The average Bonchev–Trinajstić information content (AvgIpc) is 2.38. The number of unbranched alkanes of at least 4 members (excludes halogenated alkanes) is 7. The van der Waals surface area contributed by atoms with Crippen molar-refractivity contribution in [3.8, 4) is 0 Å². The fourth-order valence-electron chi connectivity index (χ4n) is 2.03. The molecule has 0 fully saturated rings. The van der Waals surface area contributed by atoms with Crippen molar-refractivity contribution in [1.29, 1.82) is 0 Å². The van der Waals surface area contributed by atoms with Crippen LogP contribution in [0.15, 0.2) is 0 Å². The summed E-state index contributed by atoms with van der Waals surface area (Å²) in [6, 6.07) is 0. The zero-order chi connectivity index (χ0) is 13.0. The van der Waals surface area contributed by atoms with Crippen molar-refractivity contribution in [3.63, 3.8) is 0 Å². The Labute approximate surface area is 113 Å². The summed E-state index contributed by atoms with van der Waals surface area (Å²) >= 11 is -3.05. The predicted octanol–water partition coefficient (Wildman–Crippen LogP) is 4.38. The van der Waals surface area contributed by atoms with Gasteiger partial charge in [-0.15, -0.1) is 0 Å². The fourth-order valence-corrected chi connectivity index (χ4v) is 6.44. The molecule has 0 radical (unpaired) electrons. The molecular weight excluding hydrogens is 295 g/mol. The fraction of sp³-hybridized carbons (Fsp3) is 1.00. The summed E-state index contributed by atoms with van der Waals surface area (Å²) in [4.78, 5) is 0. The molecule has 0 rings (SSSR count). The van der Waals surface area contributed by atoms with Gasteiger partial charge >= 0.3 is 114 Å². The van der Waals surface area contributed by atoms with Gasteiger partial charge in [0, 0.05) is 0 Å². The first-order chi connectivity index (χ1) is 8.24. The molecular formula is C13H30O3Zr. The summed E-state index contributed by atoms with van der Waals surface area (Å²) in [6.45, 7) is 2.26. The van der Waals surface area contributed by atoms with Crippen LogP contribution in [0.5, 0.6) is 0 Å². The van der Waals surface area contributed by atoms with Crippen molar-refractivity contribution in [2.75, 3.05) is 21.3 Å². The third-order valence-electron chi connectivity index (χ3n) is 3.27. The van der Waals surface area contributed by atoms with Gasteiger partial charge in [0.2, 0.25) is 0 Å². The van der Waals surface area contributed by atoms with E-state index in [0.717, 1.165) is 4.13 Å². The molecule has 0 aliphatic heterocycles. The molecule has 0 saturated heterocycles. The van der Waals surface area contributed by atoms with Gasteiger partial charge in [-0.3, -0.25) is 0 Å². The second-order valence-electron chi connectivity index (χ2n) is 4.52. The molecule has 0 aromatic heterocycles. The quantitative estimate of drug-likeness (QED) is 0.498. The molecule has 104 valence electrons. The van der Waals surface area contributed by atoms with Gasteiger partial charge < -0.3 is 0 Å². The zero-order valence-corrected chi connectivity index (χ0v) is 14.5. The molecule has 3 nitrogen and oxygen atoms in total. The molecule has 17 heavy (non-hydrogen) atoms. The molecule has 0 bridgehead atoms. The normalized spacial score (nSPS) is 12.0. The van der Waals surface area contributed by atoms with E-state index in [1.54, 1.807) is 21.3 Å². The van der Waals surface area contributed by atoms with Gasteiger partial charge in [0.15, 0.2) is 0 Å². The van der Waals surface area contributed by atoms with Gasteiger partial charge in [-0.05, 0) is 0 Å². The summed E-state index contributed by atoms with van der Waals surface area (Å²) in [6.07, 6.45) is 10.7. The van der Waals surface area contributed by atoms with Crippen LogP contribution in [0.3, 0.4) is 0 Å². The Morgan fingerprint density at radius 1 is 0.647 bits per heavy atom. The van der Waals surface area contributed by atoms with E-state index in [1.807, 2.05) is 0 Å². The molecule has 0 aromatic carbocycles. The van der Waals surface area contributed by atoms with Crippen LogP contribution in [-0.2, 0) is 30.0 Å². The number of hydrogen-bond acceptors (Lipinski definition) is 3. The van der Waals surface area contributed by atoms with Crippen LogP contribution in [0.25, 0.3) is 0 Å². The van der Waals surface area contributed by atoms with Gasteiger partial charge in [-0.2, -0.15) is 0 Å². The Hall–Kier alpha value is 0.763. The number of rotatable bonds is 12. The van der Waals surface area contributed by atoms with Crippen LogP contribution in [0, 0.1) is 0 Å². The Morgan fingerprint density at radius 2 is 1.06 bits per heavy atom. The topological polar surface area (TPSA) is 27.7 Å². The SMILES string of the molecule is CCCCCCCCC[CH2][Zr]([O]C)([O]C)[O]C. The van der Waals surface area contributed by atoms with Crippen LogP contribution >= 0.6 is 0 Å². The van der Waals surface area contributed by atoms with Gasteiger partial charge in [0.25, 0.3) is 0 Å². The standard InChI is InChI=1S/C10H21.3CH3O.Zr/c1-3-5-7-9-10-8-6-4-2;3*1-2;/h1,3-10H2,2H3;3*1H3;/q;3*-1;+3. The van der Waals surface area contributed by atoms with Gasteiger partial charge in [-0.25, -0.2) is 0 Å². The maximum absolute atomic E-state index is 5.46. The van der Waals surface area contributed by atoms with Crippen molar-refractivity contribution < 1.29 is 30.0 Å². The van der Waals surface area contributed by atoms with Crippen molar-refractivity contribution in [2.24, 2.45) is 0 Å². The van der Waals surface area contributed by atoms with Crippen molar-refractivity contribution in [1.82, 2.24) is 0 Å². The van der Waals surface area contributed by atoms with Crippen LogP contribution in [0.4, 0.5) is 0 Å². The van der Waals surface area contributed by atoms with E-state index in [-0.39, 0.29) is 0 Å². The Morgan fingerprint density at radius 3 is 1.47 bits per heavy atom. The molecule has 0 aliphatic rings. The van der Waals surface area contributed by atoms with E-state index in [9.17, 15) is 0 Å². The average molecular weight is 326 g/mol. The molecule has 4 heteroatoms. The molecule has 0 heterocycles. The molecule has 0 N–H and O–H groups in total. The molecule has 0 spiro atoms. The van der Waals surface area contributed by atoms with Gasteiger partial charge in [-0.1, -0.05) is 0 Å². The molecule has 0 aromatic rings. The Balaban J connectivity index is 3.43. The van der Waals surface area contributed by atoms with Gasteiger partial charge in [0.05, 0.1) is 0 Å². The molecule has 0 amide bonds. The first-order valence-corrected chi connectivity index (χ1v) is 11.6. The van der Waals surface area contributed by atoms with Crippen LogP contribution in [0.1, 0.15) is 58.3 Å². The van der Waals surface area contributed by atoms with E-state index in [2.05, 4.69) is 6.92 Å². The third kappa shape index (κ3) is 8.47. The summed E-state index contributed by atoms with van der Waals surface area (Å²) < 4.78 is 17.4. The van der Waals surface area contributed by atoms with E-state index in [4.69, 9.17) is 8.44 Å². The van der Waals surface area contributed by atoms with E-state index >= 15 is 0 Å². The maximum atomic E-state index is 5.46. The van der Waals surface area contributed by atoms with E-state index in [0.29, 0.717) is 0 Å². The first-order valence-electron chi connectivity index (χ1n) is 6.90. The summed E-state index contributed by atoms with van der Waals surface area (Å²) in [5.74, 6) is 0. The van der Waals surface area contributed by atoms with Gasteiger partial charge in [0.1, 0.15) is 0 Å². The summed E-state index contributed by atoms with van der Waals surface area (Å²) in [7, 11) is 5.15. The van der Waals surface area contributed by atoms with Crippen molar-refractivity contribution in [3.05, 3.63) is 0 Å². The molecule has 0 saturated carbocycles. The van der Waals surface area contributed by atoms with E-state index in [1.165, 1.54) is 51.4 Å². The Bertz CT molecular complexity index is 152. The second-order valence-corrected chi connectivity index (χ2v) is 12.1. The first kappa shape index (κ1) is 17.8. The van der Waals surface area contributed by atoms with Crippen LogP contribution < -0.4 is 0 Å². The molecule has 0 atom stereocenters. The summed E-state index contributed by atoms with van der Waals surface area (Å²) in [5.41, 5.74) is 0. The van der Waals surface area contributed by atoms with Crippen molar-refractivity contribution >= 4 is 0 Å². The Kier molecular flexibility index (Phi) is 12.4. The second kappa shape index (κ2) is 11.8. The number of hydrogen-bond donors (Lipinski definition) is 0. The minimum atomic E-state index is -3.05. The molecule has 0 unspecified atom stereocenters. The van der Waals surface area contributed by atoms with Crippen LogP contribution in [0.2, 0.25) is 4.13 Å². The van der Waals surface area contributed by atoms with Crippen molar-refractivity contribution in [2.45, 2.75) is 62.4 Å². The molecule has 0 aliphatic carbocycles. The summed E-state index contributed by atoms with van der Waals surface area (Å²) in [5, 5.41) is 0. The monoisotopic (exact) mass is 324 g/mol.